The molecule has 0 unspecified atom stereocenters. The largest absolute Gasteiger partial charge is 0.478 e. The highest BCUT2D eigenvalue weighted by Gasteiger charge is 2.40. The van der Waals surface area contributed by atoms with Gasteiger partial charge in [-0.1, -0.05) is 6.08 Å². The van der Waals surface area contributed by atoms with Gasteiger partial charge in [0.1, 0.15) is 11.4 Å². The fourth-order valence-electron chi connectivity index (χ4n) is 4.39. The molecule has 11 heteroatoms. The number of methoxy groups -OCH3 is 1. The molecule has 1 fully saturated rings. The van der Waals surface area contributed by atoms with Gasteiger partial charge in [-0.3, -0.25) is 20.0 Å². The molecule has 2 amide bonds. The number of aliphatic imine (C=N–C) groups is 1. The highest BCUT2D eigenvalue weighted by atomic mass is 16.6. The normalized spacial score (nSPS) is 26.0. The van der Waals surface area contributed by atoms with Gasteiger partial charge in [-0.2, -0.15) is 0 Å². The number of alkyl carbamates (subject to hydrolysis) is 1. The Kier molecular flexibility index (Phi) is 10.7. The number of piperidine rings is 1. The lowest BCUT2D eigenvalue weighted by Gasteiger charge is -2.44. The monoisotopic (exact) mass is 496 g/mol. The summed E-state index contributed by atoms with van der Waals surface area (Å²) in [5.74, 6) is -0.987. The van der Waals surface area contributed by atoms with Crippen molar-refractivity contribution < 1.29 is 33.7 Å². The van der Waals surface area contributed by atoms with Gasteiger partial charge in [0.05, 0.1) is 37.4 Å². The van der Waals surface area contributed by atoms with Crippen molar-refractivity contribution in [3.05, 3.63) is 11.6 Å². The van der Waals surface area contributed by atoms with E-state index in [0.717, 1.165) is 19.4 Å². The molecule has 11 nitrogen and oxygen atoms in total. The summed E-state index contributed by atoms with van der Waals surface area (Å²) in [6.45, 7) is 10.6. The fourth-order valence-corrected chi connectivity index (χ4v) is 4.39. The van der Waals surface area contributed by atoms with E-state index in [4.69, 9.17) is 14.2 Å². The Morgan fingerprint density at radius 2 is 1.94 bits per heavy atom. The maximum absolute atomic E-state index is 12.2. The van der Waals surface area contributed by atoms with Gasteiger partial charge >= 0.3 is 12.1 Å². The van der Waals surface area contributed by atoms with Crippen molar-refractivity contribution in [3.63, 3.8) is 0 Å². The minimum Gasteiger partial charge on any atom is -0.478 e. The third-order valence-electron chi connectivity index (χ3n) is 5.74. The van der Waals surface area contributed by atoms with Gasteiger partial charge in [0, 0.05) is 32.6 Å². The van der Waals surface area contributed by atoms with E-state index in [2.05, 4.69) is 20.5 Å². The third kappa shape index (κ3) is 9.58. The van der Waals surface area contributed by atoms with Gasteiger partial charge in [0.2, 0.25) is 5.91 Å². The molecule has 0 aromatic rings. The Bertz CT molecular complexity index is 821. The number of carbonyl (C=O) groups excluding carboxylic acids is 2. The van der Waals surface area contributed by atoms with Crippen molar-refractivity contribution >= 4 is 23.8 Å². The molecule has 1 aliphatic carbocycles. The minimum absolute atomic E-state index is 0.0157. The highest BCUT2D eigenvalue weighted by molar-refractivity contribution is 5.94. The predicted molar refractivity (Wildman–Crippen MR) is 130 cm³/mol. The fraction of sp³-hybridized carbons (Fsp3) is 0.750. The molecule has 1 heterocycles. The molecule has 0 aromatic carbocycles. The van der Waals surface area contributed by atoms with E-state index in [1.54, 1.807) is 40.9 Å². The molecular formula is C24H40N4O7. The van der Waals surface area contributed by atoms with E-state index < -0.39 is 35.8 Å². The topological polar surface area (TPSA) is 139 Å². The van der Waals surface area contributed by atoms with Crippen molar-refractivity contribution in [1.29, 1.82) is 0 Å². The number of carbonyl (C=O) groups is 3. The number of hydrogen-bond donors (Lipinski definition) is 3. The van der Waals surface area contributed by atoms with Crippen LogP contribution in [0.2, 0.25) is 0 Å². The van der Waals surface area contributed by atoms with Crippen molar-refractivity contribution in [1.82, 2.24) is 15.5 Å². The summed E-state index contributed by atoms with van der Waals surface area (Å²) in [6, 6.07) is -1.47. The van der Waals surface area contributed by atoms with Crippen molar-refractivity contribution in [3.8, 4) is 0 Å². The van der Waals surface area contributed by atoms with Crippen LogP contribution in [0.3, 0.4) is 0 Å². The second kappa shape index (κ2) is 13.0. The number of amides is 2. The zero-order chi connectivity index (χ0) is 26.2. The summed E-state index contributed by atoms with van der Waals surface area (Å²) in [6.07, 6.45) is 2.94. The standard InChI is InChI=1S/C24H40N4O7/c1-15(26-23(32)35-24(3,4)5)25-19-12-17(22(30)31)13-20(21(19)27-16(2)29)28-9-7-8-18(14-28)34-11-10-33-6/h13,18-21H,7-12,14H2,1-6H3,(H,27,29)(H,30,31)(H,25,26,32)/t18-,19-,20+,21+/m0/s1. The third-order valence-corrected chi connectivity index (χ3v) is 5.74. The van der Waals surface area contributed by atoms with Crippen LogP contribution in [0.25, 0.3) is 0 Å². The number of carboxylic acids is 1. The van der Waals surface area contributed by atoms with Crippen LogP contribution in [0.1, 0.15) is 53.9 Å². The Labute approximate surface area is 207 Å². The number of amidine groups is 1. The van der Waals surface area contributed by atoms with Crippen LogP contribution in [-0.2, 0) is 23.8 Å². The first kappa shape index (κ1) is 28.7. The number of carboxylic acid groups (broad SMARTS) is 1. The quantitative estimate of drug-likeness (QED) is 0.262. The molecule has 1 aliphatic heterocycles. The van der Waals surface area contributed by atoms with Gasteiger partial charge in [-0.15, -0.1) is 0 Å². The molecule has 1 saturated heterocycles. The molecule has 2 rings (SSSR count). The maximum Gasteiger partial charge on any atom is 0.413 e. The van der Waals surface area contributed by atoms with Crippen LogP contribution in [0.15, 0.2) is 16.6 Å². The van der Waals surface area contributed by atoms with Crippen LogP contribution in [-0.4, -0.2) is 97.1 Å². The van der Waals surface area contributed by atoms with Gasteiger partial charge in [0.25, 0.3) is 0 Å². The lowest BCUT2D eigenvalue weighted by atomic mass is 9.84. The molecular weight excluding hydrogens is 456 g/mol. The van der Waals surface area contributed by atoms with Gasteiger partial charge in [-0.05, 0) is 47.1 Å². The summed E-state index contributed by atoms with van der Waals surface area (Å²) >= 11 is 0. The minimum atomic E-state index is -1.03. The van der Waals surface area contributed by atoms with E-state index in [1.165, 1.54) is 6.92 Å². The van der Waals surface area contributed by atoms with Crippen molar-refractivity contribution in [2.75, 3.05) is 33.4 Å². The average molecular weight is 497 g/mol. The molecule has 0 radical (unpaired) electrons. The first-order chi connectivity index (χ1) is 16.4. The smallest absolute Gasteiger partial charge is 0.413 e. The molecule has 0 bridgehead atoms. The number of aliphatic carboxylic acids is 1. The Hall–Kier alpha value is -2.50. The molecule has 4 atom stereocenters. The number of rotatable bonds is 8. The molecule has 2 aliphatic rings. The van der Waals surface area contributed by atoms with Crippen LogP contribution in [0.4, 0.5) is 4.79 Å². The van der Waals surface area contributed by atoms with E-state index in [-0.39, 0.29) is 29.8 Å². The van der Waals surface area contributed by atoms with Gasteiger partial charge in [0.15, 0.2) is 0 Å². The van der Waals surface area contributed by atoms with E-state index in [9.17, 15) is 19.5 Å². The van der Waals surface area contributed by atoms with Crippen LogP contribution >= 0.6 is 0 Å². The average Bonchev–Trinajstić information content (AvgIpc) is 2.73. The van der Waals surface area contributed by atoms with E-state index >= 15 is 0 Å². The van der Waals surface area contributed by atoms with E-state index in [0.29, 0.717) is 19.8 Å². The zero-order valence-electron chi connectivity index (χ0n) is 21.6. The van der Waals surface area contributed by atoms with Gasteiger partial charge < -0.3 is 24.6 Å². The van der Waals surface area contributed by atoms with Crippen LogP contribution in [0.5, 0.6) is 0 Å². The Morgan fingerprint density at radius 3 is 2.54 bits per heavy atom. The van der Waals surface area contributed by atoms with Gasteiger partial charge in [-0.25, -0.2) is 9.59 Å². The molecule has 35 heavy (non-hydrogen) atoms. The molecule has 0 saturated carbocycles. The zero-order valence-corrected chi connectivity index (χ0v) is 21.6. The second-order valence-corrected chi connectivity index (χ2v) is 9.95. The SMILES string of the molecule is COCCO[C@H]1CCCN([C@@H]2C=C(C(=O)O)C[C@H](N=C(C)NC(=O)OC(C)(C)C)[C@H]2NC(C)=O)C1. The lowest BCUT2D eigenvalue weighted by molar-refractivity contribution is -0.133. The molecule has 0 aromatic heterocycles. The predicted octanol–water partition coefficient (Wildman–Crippen LogP) is 1.71. The Balaban J connectivity index is 2.29. The first-order valence-corrected chi connectivity index (χ1v) is 12.0. The summed E-state index contributed by atoms with van der Waals surface area (Å²) in [5, 5.41) is 15.4. The number of nitrogens with zero attached hydrogens (tertiary/aromatic N) is 2. The number of ether oxygens (including phenoxy) is 3. The summed E-state index contributed by atoms with van der Waals surface area (Å²) in [5.41, 5.74) is -0.452. The molecule has 0 spiro atoms. The second-order valence-electron chi connectivity index (χ2n) is 9.95. The summed E-state index contributed by atoms with van der Waals surface area (Å²) in [7, 11) is 1.62. The number of likely N-dealkylation sites (tertiary alicyclic amines) is 1. The molecule has 3 N–H and O–H groups in total. The first-order valence-electron chi connectivity index (χ1n) is 12.0. The highest BCUT2D eigenvalue weighted by Crippen LogP contribution is 2.28. The number of hydrogen-bond acceptors (Lipinski definition) is 8. The van der Waals surface area contributed by atoms with Crippen molar-refractivity contribution in [2.24, 2.45) is 4.99 Å². The van der Waals surface area contributed by atoms with Crippen molar-refractivity contribution in [2.45, 2.75) is 83.7 Å². The Morgan fingerprint density at radius 1 is 1.23 bits per heavy atom. The number of nitrogens with one attached hydrogen (secondary N) is 2. The van der Waals surface area contributed by atoms with E-state index in [1.807, 2.05) is 0 Å². The lowest BCUT2D eigenvalue weighted by Crippen LogP contribution is -2.60. The van der Waals surface area contributed by atoms with Crippen LogP contribution in [0, 0.1) is 0 Å². The maximum atomic E-state index is 12.2. The summed E-state index contributed by atoms with van der Waals surface area (Å²) in [4.78, 5) is 43.0. The van der Waals surface area contributed by atoms with Crippen LogP contribution < -0.4 is 10.6 Å². The molecule has 198 valence electrons. The summed E-state index contributed by atoms with van der Waals surface area (Å²) < 4.78 is 16.3.